The van der Waals surface area contributed by atoms with Crippen molar-refractivity contribution >= 4 is 17.6 Å². The topological polar surface area (TPSA) is 74.2 Å². The van der Waals surface area contributed by atoms with E-state index in [0.717, 1.165) is 5.56 Å². The van der Waals surface area contributed by atoms with Crippen LogP contribution >= 0.6 is 11.6 Å². The van der Waals surface area contributed by atoms with Gasteiger partial charge in [-0.25, -0.2) is 4.79 Å². The van der Waals surface area contributed by atoms with Gasteiger partial charge in [0.05, 0.1) is 24.8 Å². The molecule has 6 nitrogen and oxygen atoms in total. The number of carbonyl (C=O) groups is 1. The zero-order valence-electron chi connectivity index (χ0n) is 17.3. The number of benzene rings is 2. The van der Waals surface area contributed by atoms with E-state index in [9.17, 15) is 9.90 Å². The summed E-state index contributed by atoms with van der Waals surface area (Å²) < 4.78 is 22.8. The first kappa shape index (κ1) is 22.1. The molecule has 7 heteroatoms. The highest BCUT2D eigenvalue weighted by atomic mass is 35.5. The molecule has 0 fully saturated rings. The van der Waals surface area contributed by atoms with Gasteiger partial charge >= 0.3 is 5.97 Å². The SMILES string of the molecule is CCOc1ccc(OCCCOc2ccc3c(c2)OC(CC)(C(=O)O)CC3)c(Cl)c1. The fourth-order valence-electron chi connectivity index (χ4n) is 3.36. The molecule has 0 aliphatic carbocycles. The van der Waals surface area contributed by atoms with Gasteiger partial charge in [-0.1, -0.05) is 24.6 Å². The Morgan fingerprint density at radius 2 is 1.83 bits per heavy atom. The molecule has 0 amide bonds. The molecule has 0 aromatic heterocycles. The van der Waals surface area contributed by atoms with E-state index in [2.05, 4.69) is 0 Å². The first-order valence-electron chi connectivity index (χ1n) is 10.2. The van der Waals surface area contributed by atoms with Crippen LogP contribution in [0.1, 0.15) is 38.7 Å². The molecule has 1 heterocycles. The highest BCUT2D eigenvalue weighted by molar-refractivity contribution is 6.32. The second-order valence-electron chi connectivity index (χ2n) is 7.10. The van der Waals surface area contributed by atoms with Crippen LogP contribution in [0.4, 0.5) is 0 Å². The molecule has 0 saturated carbocycles. The van der Waals surface area contributed by atoms with Crippen LogP contribution in [0.2, 0.25) is 5.02 Å². The molecule has 0 radical (unpaired) electrons. The third kappa shape index (κ3) is 5.11. The van der Waals surface area contributed by atoms with Crippen molar-refractivity contribution in [2.24, 2.45) is 0 Å². The van der Waals surface area contributed by atoms with Gasteiger partial charge in [0.15, 0.2) is 0 Å². The molecule has 3 rings (SSSR count). The summed E-state index contributed by atoms with van der Waals surface area (Å²) in [4.78, 5) is 11.7. The summed E-state index contributed by atoms with van der Waals surface area (Å²) in [6, 6.07) is 10.9. The highest BCUT2D eigenvalue weighted by Gasteiger charge is 2.42. The lowest BCUT2D eigenvalue weighted by Crippen LogP contribution is -2.46. The highest BCUT2D eigenvalue weighted by Crippen LogP contribution is 2.37. The number of aryl methyl sites for hydroxylation is 1. The molecule has 0 bridgehead atoms. The second kappa shape index (κ2) is 9.94. The molecule has 162 valence electrons. The van der Waals surface area contributed by atoms with Crippen LogP contribution in [0.3, 0.4) is 0 Å². The average Bonchev–Trinajstić information content (AvgIpc) is 2.74. The Kier molecular flexibility index (Phi) is 7.32. The second-order valence-corrected chi connectivity index (χ2v) is 7.51. The van der Waals surface area contributed by atoms with E-state index in [1.54, 1.807) is 18.2 Å². The predicted octanol–water partition coefficient (Wildman–Crippen LogP) is 5.15. The number of fused-ring (bicyclic) bond motifs is 1. The zero-order chi connectivity index (χ0) is 21.6. The lowest BCUT2D eigenvalue weighted by Gasteiger charge is -2.34. The monoisotopic (exact) mass is 434 g/mol. The van der Waals surface area contributed by atoms with Crippen molar-refractivity contribution in [1.82, 2.24) is 0 Å². The summed E-state index contributed by atoms with van der Waals surface area (Å²) in [6.07, 6.45) is 2.22. The Morgan fingerprint density at radius 1 is 1.10 bits per heavy atom. The van der Waals surface area contributed by atoms with Crippen LogP contribution in [-0.4, -0.2) is 36.5 Å². The van der Waals surface area contributed by atoms with Gasteiger partial charge in [-0.3, -0.25) is 0 Å². The first-order chi connectivity index (χ1) is 14.5. The zero-order valence-corrected chi connectivity index (χ0v) is 18.0. The minimum atomic E-state index is -1.16. The normalized spacial score (nSPS) is 17.6. The summed E-state index contributed by atoms with van der Waals surface area (Å²) in [6.45, 7) is 5.23. The summed E-state index contributed by atoms with van der Waals surface area (Å²) in [5.41, 5.74) is -0.155. The average molecular weight is 435 g/mol. The quantitative estimate of drug-likeness (QED) is 0.521. The van der Waals surface area contributed by atoms with Gasteiger partial charge in [0.2, 0.25) is 5.60 Å². The van der Waals surface area contributed by atoms with Crippen molar-refractivity contribution < 1.29 is 28.8 Å². The van der Waals surface area contributed by atoms with Crippen LogP contribution in [0.5, 0.6) is 23.0 Å². The summed E-state index contributed by atoms with van der Waals surface area (Å²) in [7, 11) is 0. The minimum Gasteiger partial charge on any atom is -0.494 e. The van der Waals surface area contributed by atoms with E-state index >= 15 is 0 Å². The third-order valence-corrected chi connectivity index (χ3v) is 5.43. The largest absolute Gasteiger partial charge is 0.494 e. The van der Waals surface area contributed by atoms with Gasteiger partial charge in [0.25, 0.3) is 0 Å². The number of hydrogen-bond acceptors (Lipinski definition) is 5. The molecule has 2 aromatic carbocycles. The molecule has 1 aliphatic heterocycles. The van der Waals surface area contributed by atoms with Crippen molar-refractivity contribution in [2.75, 3.05) is 19.8 Å². The van der Waals surface area contributed by atoms with E-state index in [-0.39, 0.29) is 0 Å². The number of hydrogen-bond donors (Lipinski definition) is 1. The number of halogens is 1. The van der Waals surface area contributed by atoms with Gasteiger partial charge in [-0.2, -0.15) is 0 Å². The molecule has 1 unspecified atom stereocenters. The number of rotatable bonds is 10. The van der Waals surface area contributed by atoms with Crippen LogP contribution in [0, 0.1) is 0 Å². The third-order valence-electron chi connectivity index (χ3n) is 5.13. The van der Waals surface area contributed by atoms with Crippen molar-refractivity contribution in [1.29, 1.82) is 0 Å². The number of carboxylic acids is 1. The van der Waals surface area contributed by atoms with E-state index in [0.29, 0.717) is 73.5 Å². The Morgan fingerprint density at radius 3 is 2.53 bits per heavy atom. The molecule has 1 aliphatic rings. The molecule has 1 atom stereocenters. The molecule has 0 spiro atoms. The van der Waals surface area contributed by atoms with Crippen molar-refractivity contribution in [3.05, 3.63) is 47.0 Å². The maximum Gasteiger partial charge on any atom is 0.348 e. The van der Waals surface area contributed by atoms with Gasteiger partial charge in [0, 0.05) is 25.0 Å². The molecule has 1 N–H and O–H groups in total. The summed E-state index contributed by atoms with van der Waals surface area (Å²) >= 11 is 6.21. The summed E-state index contributed by atoms with van der Waals surface area (Å²) in [5, 5.41) is 10.1. The van der Waals surface area contributed by atoms with Crippen LogP contribution in [-0.2, 0) is 11.2 Å². The van der Waals surface area contributed by atoms with Gasteiger partial charge in [-0.05, 0) is 43.5 Å². The lowest BCUT2D eigenvalue weighted by atomic mass is 9.89. The molecular weight excluding hydrogens is 408 g/mol. The molecular formula is C23H27ClO6. The van der Waals surface area contributed by atoms with Gasteiger partial charge < -0.3 is 24.1 Å². The van der Waals surface area contributed by atoms with Gasteiger partial charge in [-0.15, -0.1) is 0 Å². The Hall–Kier alpha value is -2.60. The summed E-state index contributed by atoms with van der Waals surface area (Å²) in [5.74, 6) is 1.62. The Labute approximate surface area is 181 Å². The van der Waals surface area contributed by atoms with Crippen LogP contribution in [0.25, 0.3) is 0 Å². The number of aliphatic carboxylic acids is 1. The smallest absolute Gasteiger partial charge is 0.348 e. The fraction of sp³-hybridized carbons (Fsp3) is 0.435. The van der Waals surface area contributed by atoms with Crippen molar-refractivity contribution in [2.45, 2.75) is 45.1 Å². The molecule has 30 heavy (non-hydrogen) atoms. The maximum atomic E-state index is 11.7. The Bertz CT molecular complexity index is 884. The standard InChI is InChI=1S/C23H27ClO6/c1-3-23(22(25)26)11-10-16-6-7-18(15-21(16)30-23)28-12-5-13-29-20-9-8-17(27-4-2)14-19(20)24/h6-9,14-15H,3-5,10-13H2,1-2H3,(H,25,26). The number of carboxylic acid groups (broad SMARTS) is 1. The van der Waals surface area contributed by atoms with Gasteiger partial charge in [0.1, 0.15) is 23.0 Å². The van der Waals surface area contributed by atoms with Crippen LogP contribution in [0.15, 0.2) is 36.4 Å². The molecule has 0 saturated heterocycles. The predicted molar refractivity (Wildman–Crippen MR) is 114 cm³/mol. The van der Waals surface area contributed by atoms with Crippen LogP contribution < -0.4 is 18.9 Å². The Balaban J connectivity index is 1.49. The molecule has 2 aromatic rings. The van der Waals surface area contributed by atoms with Crippen molar-refractivity contribution in [3.8, 4) is 23.0 Å². The first-order valence-corrected chi connectivity index (χ1v) is 10.6. The van der Waals surface area contributed by atoms with Crippen molar-refractivity contribution in [3.63, 3.8) is 0 Å². The number of ether oxygens (including phenoxy) is 4. The van der Waals surface area contributed by atoms with E-state index in [1.165, 1.54) is 0 Å². The fourth-order valence-corrected chi connectivity index (χ4v) is 3.59. The maximum absolute atomic E-state index is 11.7. The minimum absolute atomic E-state index is 0.415. The lowest BCUT2D eigenvalue weighted by molar-refractivity contribution is -0.157. The van der Waals surface area contributed by atoms with E-state index in [1.807, 2.05) is 32.0 Å². The van der Waals surface area contributed by atoms with E-state index in [4.69, 9.17) is 30.5 Å². The van der Waals surface area contributed by atoms with E-state index < -0.39 is 11.6 Å².